The smallest absolute Gasteiger partial charge is 0.413 e. The number of carboxylic acid groups (broad SMARTS) is 1. The molecule has 0 saturated carbocycles. The van der Waals surface area contributed by atoms with Gasteiger partial charge in [0, 0.05) is 5.56 Å². The number of amides is 2. The Kier molecular flexibility index (Phi) is 2.64. The molecule has 1 unspecified atom stereocenters. The van der Waals surface area contributed by atoms with Crippen LogP contribution in [0.25, 0.3) is 0 Å². The Labute approximate surface area is 98.6 Å². The summed E-state index contributed by atoms with van der Waals surface area (Å²) in [6.45, 7) is 0. The molecule has 0 radical (unpaired) electrons. The van der Waals surface area contributed by atoms with Gasteiger partial charge in [-0.25, -0.2) is 9.59 Å². The third-order valence-corrected chi connectivity index (χ3v) is 2.48. The van der Waals surface area contributed by atoms with Crippen molar-refractivity contribution in [3.8, 4) is 0 Å². The summed E-state index contributed by atoms with van der Waals surface area (Å²) in [6, 6.07) is 0.145. The standard InChI is InChI=1S/C10H7F3N2O3/c11-10(12,13)7-4-2-1-3-5(8(16)17)6(4)14-9(18)15-7/h1-3,7H,(H,16,17)(H2,14,15,18). The van der Waals surface area contributed by atoms with E-state index in [9.17, 15) is 22.8 Å². The number of alkyl halides is 3. The molecule has 2 rings (SSSR count). The maximum absolute atomic E-state index is 12.7. The normalized spacial score (nSPS) is 18.6. The first-order valence-corrected chi connectivity index (χ1v) is 4.81. The fourth-order valence-corrected chi connectivity index (χ4v) is 1.75. The molecule has 1 aliphatic heterocycles. The molecular weight excluding hydrogens is 253 g/mol. The minimum atomic E-state index is -4.69. The molecule has 0 saturated heterocycles. The SMILES string of the molecule is O=C1Nc2c(C(=O)O)cccc2C(C(F)(F)F)N1. The van der Waals surface area contributed by atoms with Crippen molar-refractivity contribution in [2.24, 2.45) is 0 Å². The predicted molar refractivity (Wildman–Crippen MR) is 54.4 cm³/mol. The van der Waals surface area contributed by atoms with E-state index in [1.54, 1.807) is 5.32 Å². The van der Waals surface area contributed by atoms with Crippen LogP contribution in [0.3, 0.4) is 0 Å². The van der Waals surface area contributed by atoms with Gasteiger partial charge in [-0.2, -0.15) is 13.2 Å². The van der Waals surface area contributed by atoms with Crippen LogP contribution in [0.1, 0.15) is 22.0 Å². The van der Waals surface area contributed by atoms with Crippen molar-refractivity contribution in [3.63, 3.8) is 0 Å². The van der Waals surface area contributed by atoms with E-state index in [0.29, 0.717) is 0 Å². The van der Waals surface area contributed by atoms with Gasteiger partial charge in [0.25, 0.3) is 0 Å². The Morgan fingerprint density at radius 3 is 2.56 bits per heavy atom. The van der Waals surface area contributed by atoms with E-state index < -0.39 is 24.2 Å². The summed E-state index contributed by atoms with van der Waals surface area (Å²) in [5.74, 6) is -1.41. The highest BCUT2D eigenvalue weighted by molar-refractivity contribution is 6.02. The Morgan fingerprint density at radius 2 is 2.00 bits per heavy atom. The molecule has 3 N–H and O–H groups in total. The number of benzene rings is 1. The summed E-state index contributed by atoms with van der Waals surface area (Å²) in [4.78, 5) is 22.0. The van der Waals surface area contributed by atoms with Crippen LogP contribution in [0.2, 0.25) is 0 Å². The number of halogens is 3. The van der Waals surface area contributed by atoms with Crippen molar-refractivity contribution in [1.29, 1.82) is 0 Å². The average Bonchev–Trinajstić information content (AvgIpc) is 2.25. The number of urea groups is 1. The maximum Gasteiger partial charge on any atom is 0.413 e. The lowest BCUT2D eigenvalue weighted by Crippen LogP contribution is -2.44. The largest absolute Gasteiger partial charge is 0.478 e. The summed E-state index contributed by atoms with van der Waals surface area (Å²) in [5.41, 5.74) is -1.02. The van der Waals surface area contributed by atoms with Crippen LogP contribution in [0.5, 0.6) is 0 Å². The van der Waals surface area contributed by atoms with Crippen LogP contribution in [0.4, 0.5) is 23.7 Å². The van der Waals surface area contributed by atoms with Crippen LogP contribution in [0.15, 0.2) is 18.2 Å². The van der Waals surface area contributed by atoms with Gasteiger partial charge in [0.2, 0.25) is 0 Å². The molecule has 1 aromatic rings. The molecule has 0 fully saturated rings. The van der Waals surface area contributed by atoms with Crippen LogP contribution in [-0.2, 0) is 0 Å². The Morgan fingerprint density at radius 1 is 1.33 bits per heavy atom. The quantitative estimate of drug-likeness (QED) is 0.723. The summed E-state index contributed by atoms with van der Waals surface area (Å²) >= 11 is 0. The number of carboxylic acids is 1. The molecule has 0 aliphatic carbocycles. The highest BCUT2D eigenvalue weighted by Crippen LogP contribution is 2.39. The third-order valence-electron chi connectivity index (χ3n) is 2.48. The molecule has 0 spiro atoms. The first-order chi connectivity index (χ1) is 8.30. The lowest BCUT2D eigenvalue weighted by atomic mass is 9.98. The fraction of sp³-hybridized carbons (Fsp3) is 0.200. The lowest BCUT2D eigenvalue weighted by Gasteiger charge is -2.29. The van der Waals surface area contributed by atoms with Gasteiger partial charge in [0.1, 0.15) is 0 Å². The minimum absolute atomic E-state index is 0.318. The van der Waals surface area contributed by atoms with Gasteiger partial charge >= 0.3 is 18.2 Å². The molecule has 0 aromatic heterocycles. The second kappa shape index (κ2) is 3.90. The van der Waals surface area contributed by atoms with Crippen molar-refractivity contribution in [2.75, 3.05) is 5.32 Å². The molecular formula is C10H7F3N2O3. The van der Waals surface area contributed by atoms with E-state index >= 15 is 0 Å². The van der Waals surface area contributed by atoms with Gasteiger partial charge in [0.05, 0.1) is 11.3 Å². The highest BCUT2D eigenvalue weighted by atomic mass is 19.4. The summed E-state index contributed by atoms with van der Waals surface area (Å²) in [5, 5.41) is 12.7. The van der Waals surface area contributed by atoms with Gasteiger partial charge in [-0.15, -0.1) is 0 Å². The molecule has 1 atom stereocenters. The maximum atomic E-state index is 12.7. The minimum Gasteiger partial charge on any atom is -0.478 e. The Bertz CT molecular complexity index is 528. The number of hydrogen-bond donors (Lipinski definition) is 3. The number of carbonyl (C=O) groups excluding carboxylic acids is 1. The monoisotopic (exact) mass is 260 g/mol. The third kappa shape index (κ3) is 1.96. The number of para-hydroxylation sites is 1. The van der Waals surface area contributed by atoms with E-state index in [0.717, 1.165) is 12.1 Å². The van der Waals surface area contributed by atoms with Crippen LogP contribution >= 0.6 is 0 Å². The Hall–Kier alpha value is -2.25. The number of hydrogen-bond acceptors (Lipinski definition) is 2. The van der Waals surface area contributed by atoms with Crippen molar-refractivity contribution in [2.45, 2.75) is 12.2 Å². The van der Waals surface area contributed by atoms with Crippen molar-refractivity contribution < 1.29 is 27.9 Å². The van der Waals surface area contributed by atoms with Crippen molar-refractivity contribution in [1.82, 2.24) is 5.32 Å². The molecule has 1 heterocycles. The van der Waals surface area contributed by atoms with Crippen molar-refractivity contribution in [3.05, 3.63) is 29.3 Å². The first-order valence-electron chi connectivity index (χ1n) is 4.81. The number of fused-ring (bicyclic) bond motifs is 1. The molecule has 96 valence electrons. The summed E-state index contributed by atoms with van der Waals surface area (Å²) in [7, 11) is 0. The zero-order valence-electron chi connectivity index (χ0n) is 8.71. The molecule has 5 nitrogen and oxygen atoms in total. The molecule has 1 aromatic carbocycles. The van der Waals surface area contributed by atoms with Gasteiger partial charge < -0.3 is 15.7 Å². The van der Waals surface area contributed by atoms with Gasteiger partial charge in [-0.3, -0.25) is 0 Å². The number of nitrogens with one attached hydrogen (secondary N) is 2. The van der Waals surface area contributed by atoms with E-state index in [2.05, 4.69) is 5.32 Å². The number of carbonyl (C=O) groups is 2. The van der Waals surface area contributed by atoms with Gasteiger partial charge in [0.15, 0.2) is 6.04 Å². The molecule has 18 heavy (non-hydrogen) atoms. The van der Waals surface area contributed by atoms with E-state index in [1.165, 1.54) is 6.07 Å². The topological polar surface area (TPSA) is 78.4 Å². The van der Waals surface area contributed by atoms with E-state index in [-0.39, 0.29) is 16.8 Å². The predicted octanol–water partition coefficient (Wildman–Crippen LogP) is 2.12. The van der Waals surface area contributed by atoms with Crippen molar-refractivity contribution >= 4 is 17.7 Å². The van der Waals surface area contributed by atoms with Crippen LogP contribution in [-0.4, -0.2) is 23.3 Å². The Balaban J connectivity index is 2.61. The first kappa shape index (κ1) is 12.2. The molecule has 2 amide bonds. The van der Waals surface area contributed by atoms with E-state index in [4.69, 9.17) is 5.11 Å². The summed E-state index contributed by atoms with van der Waals surface area (Å²) in [6.07, 6.45) is -4.69. The average molecular weight is 260 g/mol. The number of aromatic carboxylic acids is 1. The van der Waals surface area contributed by atoms with Crippen LogP contribution < -0.4 is 10.6 Å². The second-order valence-electron chi connectivity index (χ2n) is 3.65. The zero-order chi connectivity index (χ0) is 13.5. The van der Waals surface area contributed by atoms with E-state index in [1.807, 2.05) is 0 Å². The zero-order valence-corrected chi connectivity index (χ0v) is 8.71. The number of rotatable bonds is 1. The lowest BCUT2D eigenvalue weighted by molar-refractivity contribution is -0.155. The van der Waals surface area contributed by atoms with Crippen LogP contribution in [0, 0.1) is 0 Å². The fourth-order valence-electron chi connectivity index (χ4n) is 1.75. The molecule has 0 bridgehead atoms. The molecule has 1 aliphatic rings. The second-order valence-corrected chi connectivity index (χ2v) is 3.65. The molecule has 8 heteroatoms. The highest BCUT2D eigenvalue weighted by Gasteiger charge is 2.45. The van der Waals surface area contributed by atoms with Gasteiger partial charge in [-0.05, 0) is 6.07 Å². The number of anilines is 1. The van der Waals surface area contributed by atoms with Gasteiger partial charge in [-0.1, -0.05) is 12.1 Å². The summed E-state index contributed by atoms with van der Waals surface area (Å²) < 4.78 is 38.2.